The summed E-state index contributed by atoms with van der Waals surface area (Å²) in [5.41, 5.74) is 3.68. The number of rotatable bonds is 2. The smallest absolute Gasteiger partial charge is 0.0165 e. The zero-order valence-corrected chi connectivity index (χ0v) is 7.69. The summed E-state index contributed by atoms with van der Waals surface area (Å²) in [6.07, 6.45) is 7.12. The highest BCUT2D eigenvalue weighted by Gasteiger charge is 2.35. The maximum absolute atomic E-state index is 2.32. The van der Waals surface area contributed by atoms with Crippen LogP contribution in [0.15, 0.2) is 11.1 Å². The first-order chi connectivity index (χ1) is 5.35. The molecule has 0 radical (unpaired) electrons. The van der Waals surface area contributed by atoms with Crippen molar-refractivity contribution in [3.8, 4) is 0 Å². The molecule has 2 aliphatic rings. The maximum atomic E-state index is 2.32. The molecule has 0 bridgehead atoms. The SMILES string of the molecule is CCC1CC(=C2CC2CC)C1. The van der Waals surface area contributed by atoms with Gasteiger partial charge in [0, 0.05) is 0 Å². The van der Waals surface area contributed by atoms with E-state index in [0.29, 0.717) is 0 Å². The Kier molecular flexibility index (Phi) is 1.78. The van der Waals surface area contributed by atoms with Crippen LogP contribution in [0.2, 0.25) is 0 Å². The first kappa shape index (κ1) is 7.39. The number of hydrogen-bond acceptors (Lipinski definition) is 0. The highest BCUT2D eigenvalue weighted by Crippen LogP contribution is 2.50. The zero-order valence-electron chi connectivity index (χ0n) is 7.69. The summed E-state index contributed by atoms with van der Waals surface area (Å²) in [7, 11) is 0. The number of hydrogen-bond donors (Lipinski definition) is 0. The Morgan fingerprint density at radius 1 is 1.09 bits per heavy atom. The van der Waals surface area contributed by atoms with Crippen molar-refractivity contribution in [2.45, 2.75) is 46.0 Å². The minimum absolute atomic E-state index is 1.02. The largest absolute Gasteiger partial charge is 0.0701 e. The minimum Gasteiger partial charge on any atom is -0.0701 e. The van der Waals surface area contributed by atoms with Crippen molar-refractivity contribution < 1.29 is 0 Å². The summed E-state index contributed by atoms with van der Waals surface area (Å²) in [5, 5.41) is 0. The van der Waals surface area contributed by atoms with E-state index in [1.165, 1.54) is 32.1 Å². The van der Waals surface area contributed by atoms with E-state index < -0.39 is 0 Å². The molecule has 1 unspecified atom stereocenters. The van der Waals surface area contributed by atoms with Crippen LogP contribution < -0.4 is 0 Å². The molecule has 2 fully saturated rings. The molecule has 0 aromatic carbocycles. The molecular formula is C11H18. The molecule has 0 nitrogen and oxygen atoms in total. The van der Waals surface area contributed by atoms with Crippen molar-refractivity contribution in [1.82, 2.24) is 0 Å². The van der Waals surface area contributed by atoms with Crippen molar-refractivity contribution in [3.63, 3.8) is 0 Å². The Hall–Kier alpha value is -0.260. The molecule has 0 aromatic heterocycles. The van der Waals surface area contributed by atoms with Gasteiger partial charge >= 0.3 is 0 Å². The van der Waals surface area contributed by atoms with Crippen molar-refractivity contribution in [2.24, 2.45) is 11.8 Å². The summed E-state index contributed by atoms with van der Waals surface area (Å²) in [5.74, 6) is 2.07. The summed E-state index contributed by atoms with van der Waals surface area (Å²) in [6, 6.07) is 0. The van der Waals surface area contributed by atoms with E-state index in [9.17, 15) is 0 Å². The first-order valence-electron chi connectivity index (χ1n) is 5.05. The van der Waals surface area contributed by atoms with E-state index in [1.807, 2.05) is 11.1 Å². The second-order valence-electron chi connectivity index (χ2n) is 4.12. The average Bonchev–Trinajstić information content (AvgIpc) is 2.65. The Balaban J connectivity index is 1.87. The predicted octanol–water partition coefficient (Wildman–Crippen LogP) is 3.53. The molecule has 1 atom stereocenters. The van der Waals surface area contributed by atoms with Gasteiger partial charge in [-0.1, -0.05) is 31.4 Å². The lowest BCUT2D eigenvalue weighted by Gasteiger charge is -2.28. The van der Waals surface area contributed by atoms with Gasteiger partial charge in [0.05, 0.1) is 0 Å². The van der Waals surface area contributed by atoms with Gasteiger partial charge in [0.2, 0.25) is 0 Å². The third-order valence-electron chi connectivity index (χ3n) is 3.39. The van der Waals surface area contributed by atoms with E-state index in [2.05, 4.69) is 13.8 Å². The van der Waals surface area contributed by atoms with Crippen molar-refractivity contribution in [1.29, 1.82) is 0 Å². The fourth-order valence-corrected chi connectivity index (χ4v) is 2.22. The van der Waals surface area contributed by atoms with Crippen molar-refractivity contribution in [2.75, 3.05) is 0 Å². The van der Waals surface area contributed by atoms with E-state index in [-0.39, 0.29) is 0 Å². The molecule has 2 aliphatic carbocycles. The lowest BCUT2D eigenvalue weighted by molar-refractivity contribution is 0.402. The molecule has 2 rings (SSSR count). The molecule has 0 aromatic rings. The number of allylic oxidation sites excluding steroid dienone is 2. The zero-order chi connectivity index (χ0) is 7.84. The molecule has 0 heteroatoms. The van der Waals surface area contributed by atoms with Crippen LogP contribution >= 0.6 is 0 Å². The Morgan fingerprint density at radius 3 is 2.27 bits per heavy atom. The van der Waals surface area contributed by atoms with Crippen LogP contribution in [-0.2, 0) is 0 Å². The fraction of sp³-hybridized carbons (Fsp3) is 0.818. The molecule has 0 N–H and O–H groups in total. The molecule has 11 heavy (non-hydrogen) atoms. The molecule has 62 valence electrons. The van der Waals surface area contributed by atoms with Crippen molar-refractivity contribution in [3.05, 3.63) is 11.1 Å². The van der Waals surface area contributed by atoms with E-state index in [1.54, 1.807) is 0 Å². The molecule has 2 saturated carbocycles. The highest BCUT2D eigenvalue weighted by atomic mass is 14.4. The van der Waals surface area contributed by atoms with Crippen LogP contribution in [0.1, 0.15) is 46.0 Å². The third-order valence-corrected chi connectivity index (χ3v) is 3.39. The molecule has 0 heterocycles. The van der Waals surface area contributed by atoms with Crippen LogP contribution in [0.3, 0.4) is 0 Å². The van der Waals surface area contributed by atoms with Gasteiger partial charge in [0.1, 0.15) is 0 Å². The second kappa shape index (κ2) is 2.66. The summed E-state index contributed by atoms with van der Waals surface area (Å²) in [4.78, 5) is 0. The highest BCUT2D eigenvalue weighted by molar-refractivity contribution is 5.33. The standard InChI is InChI=1S/C11H18/c1-3-8-5-10(6-8)11-7-9(11)4-2/h8-9H,3-7H2,1-2H3. The monoisotopic (exact) mass is 150 g/mol. The van der Waals surface area contributed by atoms with Crippen LogP contribution in [0.25, 0.3) is 0 Å². The third kappa shape index (κ3) is 1.23. The van der Waals surface area contributed by atoms with Crippen molar-refractivity contribution >= 4 is 0 Å². The average molecular weight is 150 g/mol. The predicted molar refractivity (Wildman–Crippen MR) is 48.4 cm³/mol. The molecular weight excluding hydrogens is 132 g/mol. The Bertz CT molecular complexity index is 180. The maximum Gasteiger partial charge on any atom is -0.0165 e. The van der Waals surface area contributed by atoms with E-state index >= 15 is 0 Å². The summed E-state index contributed by atoms with van der Waals surface area (Å²) >= 11 is 0. The lowest BCUT2D eigenvalue weighted by atomic mass is 9.78. The van der Waals surface area contributed by atoms with Gasteiger partial charge in [0.15, 0.2) is 0 Å². The van der Waals surface area contributed by atoms with Crippen LogP contribution in [0, 0.1) is 11.8 Å². The van der Waals surface area contributed by atoms with Crippen LogP contribution in [0.5, 0.6) is 0 Å². The van der Waals surface area contributed by atoms with Crippen LogP contribution in [0.4, 0.5) is 0 Å². The molecule has 0 amide bonds. The lowest BCUT2D eigenvalue weighted by Crippen LogP contribution is -2.13. The van der Waals surface area contributed by atoms with E-state index in [0.717, 1.165) is 11.8 Å². The summed E-state index contributed by atoms with van der Waals surface area (Å²) < 4.78 is 0. The first-order valence-corrected chi connectivity index (χ1v) is 5.05. The normalized spacial score (nSPS) is 35.5. The fourth-order valence-electron chi connectivity index (χ4n) is 2.22. The minimum atomic E-state index is 1.02. The quantitative estimate of drug-likeness (QED) is 0.528. The Morgan fingerprint density at radius 2 is 1.82 bits per heavy atom. The van der Waals surface area contributed by atoms with Gasteiger partial charge < -0.3 is 0 Å². The van der Waals surface area contributed by atoms with Gasteiger partial charge in [-0.2, -0.15) is 0 Å². The van der Waals surface area contributed by atoms with Gasteiger partial charge in [-0.15, -0.1) is 0 Å². The molecule has 0 spiro atoms. The van der Waals surface area contributed by atoms with Crippen LogP contribution in [-0.4, -0.2) is 0 Å². The van der Waals surface area contributed by atoms with Gasteiger partial charge in [0.25, 0.3) is 0 Å². The topological polar surface area (TPSA) is 0 Å². The van der Waals surface area contributed by atoms with Gasteiger partial charge in [-0.05, 0) is 37.5 Å². The molecule has 0 saturated heterocycles. The van der Waals surface area contributed by atoms with Gasteiger partial charge in [-0.3, -0.25) is 0 Å². The van der Waals surface area contributed by atoms with Gasteiger partial charge in [-0.25, -0.2) is 0 Å². The molecule has 0 aliphatic heterocycles. The van der Waals surface area contributed by atoms with E-state index in [4.69, 9.17) is 0 Å². The second-order valence-corrected chi connectivity index (χ2v) is 4.12. The Labute approximate surface area is 69.7 Å². The summed E-state index contributed by atoms with van der Waals surface area (Å²) in [6.45, 7) is 4.63.